The van der Waals surface area contributed by atoms with Crippen molar-refractivity contribution in [2.45, 2.75) is 19.8 Å². The number of benzene rings is 1. The average Bonchev–Trinajstić information content (AvgIpc) is 2.68. The van der Waals surface area contributed by atoms with Crippen molar-refractivity contribution in [1.29, 1.82) is 0 Å². The molecule has 0 atom stereocenters. The smallest absolute Gasteiger partial charge is 0.132 e. The van der Waals surface area contributed by atoms with Crippen molar-refractivity contribution >= 4 is 0 Å². The fourth-order valence-corrected chi connectivity index (χ4v) is 1.80. The molecule has 2 N–H and O–H groups in total. The summed E-state index contributed by atoms with van der Waals surface area (Å²) >= 11 is 0. The van der Waals surface area contributed by atoms with Gasteiger partial charge in [0, 0.05) is 24.3 Å². The normalized spacial score (nSPS) is 10.8. The molecule has 0 saturated carbocycles. The molecule has 0 saturated heterocycles. The van der Waals surface area contributed by atoms with Crippen LogP contribution >= 0.6 is 0 Å². The molecule has 0 aliphatic heterocycles. The number of hydrogen-bond acceptors (Lipinski definition) is 2. The maximum atomic E-state index is 13.6. The van der Waals surface area contributed by atoms with Gasteiger partial charge in [-0.1, -0.05) is 12.1 Å². The zero-order valence-corrected chi connectivity index (χ0v) is 9.70. The lowest BCUT2D eigenvalue weighted by Crippen LogP contribution is -1.91. The molecule has 0 bridgehead atoms. The Labute approximate surface area is 99.3 Å². The summed E-state index contributed by atoms with van der Waals surface area (Å²) in [7, 11) is 0. The van der Waals surface area contributed by atoms with Gasteiger partial charge in [-0.25, -0.2) is 9.37 Å². The van der Waals surface area contributed by atoms with Crippen LogP contribution in [0.2, 0.25) is 0 Å². The Bertz CT molecular complexity index is 508. The van der Waals surface area contributed by atoms with Crippen LogP contribution in [0.1, 0.15) is 17.9 Å². The predicted octanol–water partition coefficient (Wildman–Crippen LogP) is 2.45. The first-order valence-corrected chi connectivity index (χ1v) is 5.63. The predicted molar refractivity (Wildman–Crippen MR) is 64.1 cm³/mol. The summed E-state index contributed by atoms with van der Waals surface area (Å²) in [6.07, 6.45) is 1.33. The fraction of sp³-hybridized carbons (Fsp3) is 0.308. The van der Waals surface area contributed by atoms with E-state index in [-0.39, 0.29) is 12.4 Å². The molecule has 4 heteroatoms. The molecular formula is C13H15FN2O. The molecule has 0 radical (unpaired) electrons. The number of H-pyrrole nitrogens is 1. The minimum absolute atomic E-state index is 0.134. The number of nitrogens with one attached hydrogen (secondary N) is 1. The highest BCUT2D eigenvalue weighted by Crippen LogP contribution is 2.24. The zero-order chi connectivity index (χ0) is 12.3. The molecule has 0 aliphatic rings. The van der Waals surface area contributed by atoms with E-state index >= 15 is 0 Å². The van der Waals surface area contributed by atoms with E-state index in [2.05, 4.69) is 9.97 Å². The van der Waals surface area contributed by atoms with Gasteiger partial charge >= 0.3 is 0 Å². The van der Waals surface area contributed by atoms with Crippen molar-refractivity contribution in [3.63, 3.8) is 0 Å². The third-order valence-corrected chi connectivity index (χ3v) is 2.63. The van der Waals surface area contributed by atoms with Crippen LogP contribution in [0, 0.1) is 12.7 Å². The van der Waals surface area contributed by atoms with Gasteiger partial charge in [-0.3, -0.25) is 0 Å². The minimum atomic E-state index is -0.268. The molecule has 0 fully saturated rings. The SMILES string of the molecule is Cc1[nH]c(CCCO)nc1-c1ccccc1F. The summed E-state index contributed by atoms with van der Waals surface area (Å²) in [5.41, 5.74) is 2.01. The monoisotopic (exact) mass is 234 g/mol. The van der Waals surface area contributed by atoms with Crippen LogP contribution in [0.4, 0.5) is 4.39 Å². The maximum Gasteiger partial charge on any atom is 0.132 e. The number of hydrogen-bond donors (Lipinski definition) is 2. The second-order valence-electron chi connectivity index (χ2n) is 3.96. The summed E-state index contributed by atoms with van der Waals surface area (Å²) in [4.78, 5) is 7.49. The largest absolute Gasteiger partial charge is 0.396 e. The molecule has 0 amide bonds. The van der Waals surface area contributed by atoms with Crippen LogP contribution in [0.15, 0.2) is 24.3 Å². The van der Waals surface area contributed by atoms with Crippen molar-refractivity contribution in [3.05, 3.63) is 41.6 Å². The first-order chi connectivity index (χ1) is 8.22. The lowest BCUT2D eigenvalue weighted by atomic mass is 10.1. The molecule has 3 nitrogen and oxygen atoms in total. The van der Waals surface area contributed by atoms with Crippen LogP contribution in [-0.2, 0) is 6.42 Å². The molecule has 0 aliphatic carbocycles. The van der Waals surface area contributed by atoms with Gasteiger partial charge in [0.1, 0.15) is 11.6 Å². The van der Waals surface area contributed by atoms with Crippen LogP contribution in [0.25, 0.3) is 11.3 Å². The topological polar surface area (TPSA) is 48.9 Å². The molecule has 1 aromatic heterocycles. The average molecular weight is 234 g/mol. The van der Waals surface area contributed by atoms with E-state index < -0.39 is 0 Å². The van der Waals surface area contributed by atoms with E-state index in [0.717, 1.165) is 11.5 Å². The number of aryl methyl sites for hydroxylation is 2. The lowest BCUT2D eigenvalue weighted by molar-refractivity contribution is 0.287. The summed E-state index contributed by atoms with van der Waals surface area (Å²) < 4.78 is 13.6. The molecule has 0 spiro atoms. The number of aliphatic hydroxyl groups excluding tert-OH is 1. The highest BCUT2D eigenvalue weighted by Gasteiger charge is 2.12. The van der Waals surface area contributed by atoms with Crippen molar-refractivity contribution in [1.82, 2.24) is 9.97 Å². The van der Waals surface area contributed by atoms with Crippen LogP contribution in [-0.4, -0.2) is 21.7 Å². The zero-order valence-electron chi connectivity index (χ0n) is 9.70. The second kappa shape index (κ2) is 5.10. The highest BCUT2D eigenvalue weighted by atomic mass is 19.1. The van der Waals surface area contributed by atoms with Gasteiger partial charge in [-0.2, -0.15) is 0 Å². The van der Waals surface area contributed by atoms with Gasteiger partial charge in [0.2, 0.25) is 0 Å². The Morgan fingerprint density at radius 3 is 2.82 bits per heavy atom. The second-order valence-corrected chi connectivity index (χ2v) is 3.96. The van der Waals surface area contributed by atoms with Crippen LogP contribution in [0.3, 0.4) is 0 Å². The Hall–Kier alpha value is -1.68. The number of aromatic amines is 1. The number of halogens is 1. The first kappa shape index (κ1) is 11.8. The van der Waals surface area contributed by atoms with E-state index in [4.69, 9.17) is 5.11 Å². The molecule has 90 valence electrons. The molecule has 17 heavy (non-hydrogen) atoms. The van der Waals surface area contributed by atoms with E-state index in [1.165, 1.54) is 6.07 Å². The number of aromatic nitrogens is 2. The minimum Gasteiger partial charge on any atom is -0.396 e. The first-order valence-electron chi connectivity index (χ1n) is 5.63. The standard InChI is InChI=1S/C13H15FN2O/c1-9-13(10-5-2-3-6-11(10)14)16-12(15-9)7-4-8-17/h2-3,5-6,17H,4,7-8H2,1H3,(H,15,16). The highest BCUT2D eigenvalue weighted by molar-refractivity contribution is 5.62. The lowest BCUT2D eigenvalue weighted by Gasteiger charge is -1.99. The van der Waals surface area contributed by atoms with E-state index in [1.807, 2.05) is 6.92 Å². The van der Waals surface area contributed by atoms with Gasteiger partial charge in [0.15, 0.2) is 0 Å². The number of rotatable bonds is 4. The fourth-order valence-electron chi connectivity index (χ4n) is 1.80. The third-order valence-electron chi connectivity index (χ3n) is 2.63. The van der Waals surface area contributed by atoms with E-state index in [1.54, 1.807) is 18.2 Å². The molecule has 2 aromatic rings. The molecule has 1 heterocycles. The molecule has 0 unspecified atom stereocenters. The van der Waals surface area contributed by atoms with Crippen molar-refractivity contribution in [2.24, 2.45) is 0 Å². The van der Waals surface area contributed by atoms with Crippen molar-refractivity contribution < 1.29 is 9.50 Å². The molecular weight excluding hydrogens is 219 g/mol. The van der Waals surface area contributed by atoms with Crippen molar-refractivity contribution in [3.8, 4) is 11.3 Å². The Balaban J connectivity index is 2.33. The van der Waals surface area contributed by atoms with Crippen LogP contribution < -0.4 is 0 Å². The van der Waals surface area contributed by atoms with Gasteiger partial charge in [0.05, 0.1) is 5.69 Å². The number of imidazole rings is 1. The van der Waals surface area contributed by atoms with Gasteiger partial charge in [-0.15, -0.1) is 0 Å². The van der Waals surface area contributed by atoms with Gasteiger partial charge in [0.25, 0.3) is 0 Å². The summed E-state index contributed by atoms with van der Waals surface area (Å²) in [6, 6.07) is 6.60. The van der Waals surface area contributed by atoms with Crippen molar-refractivity contribution in [2.75, 3.05) is 6.61 Å². The summed E-state index contributed by atoms with van der Waals surface area (Å²) in [5, 5.41) is 8.76. The van der Waals surface area contributed by atoms with E-state index in [9.17, 15) is 4.39 Å². The summed E-state index contributed by atoms with van der Waals surface area (Å²) in [6.45, 7) is 2.01. The Morgan fingerprint density at radius 2 is 2.12 bits per heavy atom. The molecule has 2 rings (SSSR count). The Morgan fingerprint density at radius 1 is 1.35 bits per heavy atom. The maximum absolute atomic E-state index is 13.6. The van der Waals surface area contributed by atoms with E-state index in [0.29, 0.717) is 24.1 Å². The summed E-state index contributed by atoms with van der Waals surface area (Å²) in [5.74, 6) is 0.519. The van der Waals surface area contributed by atoms with Gasteiger partial charge in [-0.05, 0) is 25.5 Å². The van der Waals surface area contributed by atoms with Gasteiger partial charge < -0.3 is 10.1 Å². The number of aliphatic hydroxyl groups is 1. The number of nitrogens with zero attached hydrogens (tertiary/aromatic N) is 1. The third kappa shape index (κ3) is 2.53. The Kier molecular flexibility index (Phi) is 3.54. The van der Waals surface area contributed by atoms with Crippen LogP contribution in [0.5, 0.6) is 0 Å². The molecule has 1 aromatic carbocycles. The quantitative estimate of drug-likeness (QED) is 0.853.